The third-order valence-corrected chi connectivity index (χ3v) is 13.7. The first-order valence-corrected chi connectivity index (χ1v) is 23.4. The van der Waals surface area contributed by atoms with Crippen LogP contribution in [-0.2, 0) is 6.42 Å². The summed E-state index contributed by atoms with van der Waals surface area (Å²) in [5.41, 5.74) is 23.0. The molecular formula is C64H45N3O. The van der Waals surface area contributed by atoms with Crippen LogP contribution in [-0.4, -0.2) is 9.38 Å². The summed E-state index contributed by atoms with van der Waals surface area (Å²) in [6, 6.07) is 85.3. The fourth-order valence-corrected chi connectivity index (χ4v) is 10.4. The van der Waals surface area contributed by atoms with Gasteiger partial charge in [-0.15, -0.1) is 0 Å². The first-order chi connectivity index (χ1) is 33.6. The molecule has 13 aromatic rings. The Balaban J connectivity index is 0.823. The topological polar surface area (TPSA) is 36.6 Å². The van der Waals surface area contributed by atoms with Crippen molar-refractivity contribution in [1.29, 1.82) is 0 Å². The monoisotopic (exact) mass is 871 g/mol. The van der Waals surface area contributed by atoms with Crippen LogP contribution in [0.4, 0.5) is 17.1 Å². The molecule has 0 aliphatic carbocycles. The van der Waals surface area contributed by atoms with Gasteiger partial charge in [0.1, 0.15) is 16.8 Å². The molecule has 0 radical (unpaired) electrons. The molecule has 0 amide bonds. The van der Waals surface area contributed by atoms with Gasteiger partial charge in [-0.25, -0.2) is 0 Å². The van der Waals surface area contributed by atoms with Gasteiger partial charge in [0.05, 0.1) is 16.6 Å². The molecule has 322 valence electrons. The number of benzene rings is 10. The number of nitrogens with zero attached hydrogens (tertiary/aromatic N) is 2. The van der Waals surface area contributed by atoms with Gasteiger partial charge in [-0.05, 0) is 148 Å². The molecule has 0 fully saturated rings. The maximum absolute atomic E-state index is 6.35. The Kier molecular flexibility index (Phi) is 9.43. The Labute approximate surface area is 394 Å². The Morgan fingerprint density at radius 1 is 0.426 bits per heavy atom. The zero-order valence-corrected chi connectivity index (χ0v) is 37.5. The highest BCUT2D eigenvalue weighted by atomic mass is 16.3. The second kappa shape index (κ2) is 16.2. The molecule has 13 rings (SSSR count). The molecule has 68 heavy (non-hydrogen) atoms. The number of para-hydroxylation sites is 3. The smallest absolute Gasteiger partial charge is 0.136 e. The van der Waals surface area contributed by atoms with E-state index in [4.69, 9.17) is 4.42 Å². The van der Waals surface area contributed by atoms with Crippen molar-refractivity contribution in [2.45, 2.75) is 13.3 Å². The van der Waals surface area contributed by atoms with Crippen molar-refractivity contribution in [2.24, 2.45) is 0 Å². The summed E-state index contributed by atoms with van der Waals surface area (Å²) in [5, 5.41) is 3.47. The number of hydrogen-bond donors (Lipinski definition) is 1. The van der Waals surface area contributed by atoms with E-state index < -0.39 is 0 Å². The molecule has 0 spiro atoms. The Morgan fingerprint density at radius 2 is 1.01 bits per heavy atom. The van der Waals surface area contributed by atoms with Crippen molar-refractivity contribution >= 4 is 66.6 Å². The van der Waals surface area contributed by atoms with Crippen molar-refractivity contribution in [3.05, 3.63) is 253 Å². The molecule has 4 heteroatoms. The number of nitrogens with one attached hydrogen (secondary N) is 1. The largest absolute Gasteiger partial charge is 0.456 e. The van der Waals surface area contributed by atoms with Crippen molar-refractivity contribution in [3.63, 3.8) is 0 Å². The van der Waals surface area contributed by atoms with Crippen LogP contribution in [0.25, 0.3) is 94.0 Å². The van der Waals surface area contributed by atoms with Gasteiger partial charge in [0.2, 0.25) is 0 Å². The number of imidazole rings is 1. The zero-order chi connectivity index (χ0) is 45.1. The number of aromatic amines is 1. The van der Waals surface area contributed by atoms with Crippen LogP contribution in [0, 0.1) is 6.92 Å². The van der Waals surface area contributed by atoms with E-state index >= 15 is 0 Å². The molecule has 0 unspecified atom stereocenters. The number of rotatable bonds is 9. The Hall–Kier alpha value is -8.86. The predicted octanol–water partition coefficient (Wildman–Crippen LogP) is 17.5. The minimum Gasteiger partial charge on any atom is -0.456 e. The highest BCUT2D eigenvalue weighted by Crippen LogP contribution is 2.42. The van der Waals surface area contributed by atoms with Crippen molar-refractivity contribution in [2.75, 3.05) is 4.90 Å². The van der Waals surface area contributed by atoms with Crippen LogP contribution >= 0.6 is 0 Å². The minimum absolute atomic E-state index is 0.894. The highest BCUT2D eigenvalue weighted by molar-refractivity contribution is 6.11. The first-order valence-electron chi connectivity index (χ1n) is 23.4. The van der Waals surface area contributed by atoms with E-state index in [-0.39, 0.29) is 0 Å². The first kappa shape index (κ1) is 39.5. The summed E-state index contributed by atoms with van der Waals surface area (Å²) in [4.78, 5) is 6.19. The Bertz CT molecular complexity index is 3990. The maximum Gasteiger partial charge on any atom is 0.136 e. The summed E-state index contributed by atoms with van der Waals surface area (Å²) in [5.74, 6) is 0. The van der Waals surface area contributed by atoms with E-state index in [1.165, 1.54) is 55.4 Å². The molecule has 0 saturated carbocycles. The average Bonchev–Trinajstić information content (AvgIpc) is 4.06. The van der Waals surface area contributed by atoms with Gasteiger partial charge in [0, 0.05) is 38.8 Å². The third-order valence-electron chi connectivity index (χ3n) is 13.7. The van der Waals surface area contributed by atoms with Gasteiger partial charge >= 0.3 is 0 Å². The van der Waals surface area contributed by atoms with E-state index in [1.807, 2.05) is 12.1 Å². The lowest BCUT2D eigenvalue weighted by Gasteiger charge is -2.26. The van der Waals surface area contributed by atoms with Gasteiger partial charge in [0.25, 0.3) is 0 Å². The molecule has 0 saturated heterocycles. The lowest BCUT2D eigenvalue weighted by molar-refractivity contribution is 0.669. The molecule has 0 atom stereocenters. The number of anilines is 3. The number of aromatic nitrogens is 2. The van der Waals surface area contributed by atoms with Gasteiger partial charge in [-0.1, -0.05) is 158 Å². The zero-order valence-electron chi connectivity index (χ0n) is 37.5. The molecule has 0 bridgehead atoms. The van der Waals surface area contributed by atoms with Crippen LogP contribution in [0.5, 0.6) is 0 Å². The minimum atomic E-state index is 0.894. The fraction of sp³-hybridized carbons (Fsp3) is 0.0312. The average molecular weight is 872 g/mol. The van der Waals surface area contributed by atoms with Crippen LogP contribution in [0.3, 0.4) is 0 Å². The van der Waals surface area contributed by atoms with Gasteiger partial charge in [0.15, 0.2) is 0 Å². The fourth-order valence-electron chi connectivity index (χ4n) is 10.4. The molecule has 3 aromatic heterocycles. The normalized spacial score (nSPS) is 11.7. The van der Waals surface area contributed by atoms with Crippen LogP contribution in [0.1, 0.15) is 16.7 Å². The number of furan rings is 1. The van der Waals surface area contributed by atoms with E-state index in [0.29, 0.717) is 0 Å². The Morgan fingerprint density at radius 3 is 1.79 bits per heavy atom. The number of hydrogen-bond acceptors (Lipinski definition) is 2. The molecule has 3 heterocycles. The van der Waals surface area contributed by atoms with Gasteiger partial charge in [-0.3, -0.25) is 4.40 Å². The standard InChI is InChI=1S/C64H45N3O/c1-42-24-25-46(39-57(42)53-19-9-8-16-48(53)38-43-14-4-2-5-15-43)44-26-32-51(33-27-44)66(50-17-6-3-7-18-50)52-34-28-45(29-35-52)47-31-37-60-58(40-47)65-64-63(56-21-10-12-22-59(56)67(60)64)49-30-36-55-54-20-11-13-23-61(54)68-62(55)41-49/h2-37,39-41,65H,38H2,1H3. The van der Waals surface area contributed by atoms with E-state index in [1.54, 1.807) is 0 Å². The number of H-pyrrole nitrogens is 1. The predicted molar refractivity (Wildman–Crippen MR) is 284 cm³/mol. The number of fused-ring (bicyclic) bond motifs is 8. The summed E-state index contributed by atoms with van der Waals surface area (Å²) in [6.07, 6.45) is 0.896. The lowest BCUT2D eigenvalue weighted by atomic mass is 9.90. The van der Waals surface area contributed by atoms with E-state index in [2.05, 4.69) is 246 Å². The molecule has 10 aromatic carbocycles. The van der Waals surface area contributed by atoms with E-state index in [0.717, 1.165) is 78.8 Å². The molecular weight excluding hydrogens is 827 g/mol. The highest BCUT2D eigenvalue weighted by Gasteiger charge is 2.20. The summed E-state index contributed by atoms with van der Waals surface area (Å²) in [6.45, 7) is 2.22. The van der Waals surface area contributed by atoms with Crippen LogP contribution < -0.4 is 4.90 Å². The molecule has 0 aliphatic heterocycles. The van der Waals surface area contributed by atoms with Crippen molar-refractivity contribution in [1.82, 2.24) is 9.38 Å². The van der Waals surface area contributed by atoms with E-state index in [9.17, 15) is 0 Å². The molecule has 4 nitrogen and oxygen atoms in total. The quantitative estimate of drug-likeness (QED) is 0.157. The van der Waals surface area contributed by atoms with Gasteiger partial charge < -0.3 is 14.3 Å². The lowest BCUT2D eigenvalue weighted by Crippen LogP contribution is -2.09. The van der Waals surface area contributed by atoms with Crippen molar-refractivity contribution < 1.29 is 4.42 Å². The summed E-state index contributed by atoms with van der Waals surface area (Å²) >= 11 is 0. The molecule has 1 N–H and O–H groups in total. The number of aryl methyl sites for hydroxylation is 1. The second-order valence-electron chi connectivity index (χ2n) is 17.9. The van der Waals surface area contributed by atoms with Crippen LogP contribution in [0.15, 0.2) is 241 Å². The SMILES string of the molecule is Cc1ccc(-c2ccc(N(c3ccccc3)c3ccc(-c4ccc5c(c4)[nH]c4c(-c6ccc7c(c6)oc6ccccc67)c6ccccc6n45)cc3)cc2)cc1-c1ccccc1Cc1ccccc1. The van der Waals surface area contributed by atoms with Crippen LogP contribution in [0.2, 0.25) is 0 Å². The summed E-state index contributed by atoms with van der Waals surface area (Å²) in [7, 11) is 0. The maximum atomic E-state index is 6.35. The molecule has 0 aliphatic rings. The summed E-state index contributed by atoms with van der Waals surface area (Å²) < 4.78 is 8.71. The van der Waals surface area contributed by atoms with Crippen molar-refractivity contribution in [3.8, 4) is 44.5 Å². The van der Waals surface area contributed by atoms with Gasteiger partial charge in [-0.2, -0.15) is 0 Å². The second-order valence-corrected chi connectivity index (χ2v) is 17.9. The third kappa shape index (κ3) is 6.77.